The van der Waals surface area contributed by atoms with Crippen molar-refractivity contribution in [2.75, 3.05) is 0 Å². The fourth-order valence-electron chi connectivity index (χ4n) is 6.04. The summed E-state index contributed by atoms with van der Waals surface area (Å²) in [7, 11) is 0. The molecule has 0 bridgehead atoms. The highest BCUT2D eigenvalue weighted by Crippen LogP contribution is 2.37. The van der Waals surface area contributed by atoms with E-state index >= 15 is 0 Å². The molecule has 0 spiro atoms. The number of benzene rings is 2. The van der Waals surface area contributed by atoms with Crippen molar-refractivity contribution in [3.63, 3.8) is 0 Å². The predicted octanol–water partition coefficient (Wildman–Crippen LogP) is 7.11. The first-order valence-electron chi connectivity index (χ1n) is 15.4. The minimum atomic E-state index is -1.14. The van der Waals surface area contributed by atoms with Crippen molar-refractivity contribution < 1.29 is 28.5 Å². The molecule has 2 fully saturated rings. The number of azide groups is 3. The molecule has 2 aromatic carbocycles. The number of hydrogen-bond acceptors (Lipinski definition) is 9. The zero-order chi connectivity index (χ0) is 33.8. The van der Waals surface area contributed by atoms with Crippen molar-refractivity contribution in [2.45, 2.75) is 102 Å². The Morgan fingerprint density at radius 2 is 1.49 bits per heavy atom. The number of rotatable bonds is 12. The van der Waals surface area contributed by atoms with Crippen LogP contribution >= 0.6 is 0 Å². The molecule has 248 valence electrons. The van der Waals surface area contributed by atoms with Gasteiger partial charge in [0.2, 0.25) is 0 Å². The maximum atomic E-state index is 13.6. The molecule has 47 heavy (non-hydrogen) atoms. The minimum Gasteiger partial charge on any atom is -0.459 e. The molecule has 2 aliphatic rings. The molecule has 1 amide bonds. The number of amides is 1. The largest absolute Gasteiger partial charge is 0.459 e. The van der Waals surface area contributed by atoms with Crippen LogP contribution in [0.1, 0.15) is 51.2 Å². The monoisotopic (exact) mass is 646 g/mol. The molecule has 1 heterocycles. The third kappa shape index (κ3) is 9.29. The van der Waals surface area contributed by atoms with Crippen molar-refractivity contribution >= 4 is 12.1 Å². The number of carbonyl (C=O) groups excluding carboxylic acids is 2. The first-order chi connectivity index (χ1) is 22.7. The maximum absolute atomic E-state index is 13.6. The summed E-state index contributed by atoms with van der Waals surface area (Å²) in [4.78, 5) is 36.1. The molecule has 9 unspecified atom stereocenters. The molecule has 2 aromatic rings. The van der Waals surface area contributed by atoms with Gasteiger partial charge in [0.15, 0.2) is 6.29 Å². The van der Waals surface area contributed by atoms with E-state index in [-0.39, 0.29) is 19.6 Å². The lowest BCUT2D eigenvalue weighted by atomic mass is 9.79. The van der Waals surface area contributed by atoms with Crippen molar-refractivity contribution in [1.82, 2.24) is 4.90 Å². The molecule has 1 aliphatic carbocycles. The Balaban J connectivity index is 1.60. The van der Waals surface area contributed by atoms with Crippen molar-refractivity contribution in [3.8, 4) is 0 Å². The van der Waals surface area contributed by atoms with Gasteiger partial charge in [-0.15, -0.1) is 0 Å². The summed E-state index contributed by atoms with van der Waals surface area (Å²) in [5, 5.41) is 11.6. The number of carbonyl (C=O) groups is 2. The summed E-state index contributed by atoms with van der Waals surface area (Å²) < 4.78 is 24.2. The smallest absolute Gasteiger partial charge is 0.410 e. The highest BCUT2D eigenvalue weighted by molar-refractivity contribution is 5.68. The summed E-state index contributed by atoms with van der Waals surface area (Å²) in [5.41, 5.74) is 29.5. The number of hydrogen-bond donors (Lipinski definition) is 0. The van der Waals surface area contributed by atoms with Gasteiger partial charge in [-0.3, -0.25) is 9.69 Å². The summed E-state index contributed by atoms with van der Waals surface area (Å²) in [6, 6.07) is 16.0. The lowest BCUT2D eigenvalue weighted by molar-refractivity contribution is -0.257. The molecule has 9 atom stereocenters. The van der Waals surface area contributed by atoms with E-state index in [9.17, 15) is 20.7 Å². The normalized spacial score (nSPS) is 27.5. The topological polar surface area (TPSA) is 221 Å². The van der Waals surface area contributed by atoms with Gasteiger partial charge in [-0.2, -0.15) is 0 Å². The van der Waals surface area contributed by atoms with E-state index in [1.807, 2.05) is 67.6 Å². The molecule has 4 rings (SSSR count). The average Bonchev–Trinajstić information content (AvgIpc) is 3.07. The zero-order valence-electron chi connectivity index (χ0n) is 26.4. The van der Waals surface area contributed by atoms with Crippen molar-refractivity contribution in [3.05, 3.63) is 103 Å². The van der Waals surface area contributed by atoms with Gasteiger partial charge >= 0.3 is 12.1 Å². The van der Waals surface area contributed by atoms with E-state index in [1.54, 1.807) is 11.8 Å². The summed E-state index contributed by atoms with van der Waals surface area (Å²) in [6.07, 6.45) is -3.33. The number of nitrogens with zero attached hydrogens (tertiary/aromatic N) is 10. The van der Waals surface area contributed by atoms with Crippen LogP contribution in [0.4, 0.5) is 4.79 Å². The van der Waals surface area contributed by atoms with E-state index in [1.165, 1.54) is 6.92 Å². The molecule has 16 nitrogen and oxygen atoms in total. The maximum Gasteiger partial charge on any atom is 0.410 e. The van der Waals surface area contributed by atoms with Crippen LogP contribution in [0.3, 0.4) is 0 Å². The molecular formula is C31H38N10O6. The highest BCUT2D eigenvalue weighted by Gasteiger charge is 2.48. The standard InChI is InChI=1S/C31H38N10O6/c1-19-25(36-39-33)16-26(37-40-34)29(28(19)45-21(3)42)47-30-24(35-38-32)14-15-27(46-30)20(2)41(17-22-10-6-4-7-11-22)31(43)44-18-23-12-8-5-9-13-23/h4-13,19-20,24-30H,14-18H2,1-3H3. The molecule has 1 saturated carbocycles. The summed E-state index contributed by atoms with van der Waals surface area (Å²) in [6.45, 7) is 5.16. The Hall–Kier alpha value is -4.97. The van der Waals surface area contributed by atoms with Crippen LogP contribution in [-0.4, -0.2) is 65.7 Å². The molecule has 0 aromatic heterocycles. The van der Waals surface area contributed by atoms with Crippen molar-refractivity contribution in [2.24, 2.45) is 21.3 Å². The van der Waals surface area contributed by atoms with Crippen LogP contribution < -0.4 is 0 Å². The molecule has 0 N–H and O–H groups in total. The van der Waals surface area contributed by atoms with Gasteiger partial charge in [0.25, 0.3) is 0 Å². The van der Waals surface area contributed by atoms with E-state index in [4.69, 9.17) is 24.5 Å². The average molecular weight is 647 g/mol. The molecular weight excluding hydrogens is 608 g/mol. The van der Waals surface area contributed by atoms with Crippen molar-refractivity contribution in [1.29, 1.82) is 0 Å². The highest BCUT2D eigenvalue weighted by atomic mass is 16.7. The lowest BCUT2D eigenvalue weighted by Crippen LogP contribution is -2.57. The molecule has 16 heteroatoms. The molecule has 1 saturated heterocycles. The first-order valence-corrected chi connectivity index (χ1v) is 15.4. The number of ether oxygens (including phenoxy) is 4. The Kier molecular flexibility index (Phi) is 12.7. The van der Waals surface area contributed by atoms with Crippen LogP contribution in [0.5, 0.6) is 0 Å². The lowest BCUT2D eigenvalue weighted by Gasteiger charge is -2.46. The fraction of sp³-hybridized carbons (Fsp3) is 0.548. The fourth-order valence-corrected chi connectivity index (χ4v) is 6.04. The van der Waals surface area contributed by atoms with Gasteiger partial charge in [0, 0.05) is 40.2 Å². The van der Waals surface area contributed by atoms with Gasteiger partial charge in [0.1, 0.15) is 18.8 Å². The first kappa shape index (κ1) is 34.9. The molecule has 1 aliphatic heterocycles. The zero-order valence-corrected chi connectivity index (χ0v) is 26.4. The third-order valence-electron chi connectivity index (χ3n) is 8.54. The van der Waals surface area contributed by atoms with Gasteiger partial charge < -0.3 is 18.9 Å². The van der Waals surface area contributed by atoms with E-state index in [2.05, 4.69) is 30.1 Å². The van der Waals surface area contributed by atoms with Crippen LogP contribution in [0.15, 0.2) is 76.0 Å². The Bertz CT molecular complexity index is 1500. The quantitative estimate of drug-likeness (QED) is 0.101. The van der Waals surface area contributed by atoms with Gasteiger partial charge in [-0.25, -0.2) is 4.79 Å². The Morgan fingerprint density at radius 1 is 0.894 bits per heavy atom. The van der Waals surface area contributed by atoms with Gasteiger partial charge in [0.05, 0.1) is 24.2 Å². The summed E-state index contributed by atoms with van der Waals surface area (Å²) in [5.74, 6) is -1.10. The minimum absolute atomic E-state index is 0.0863. The number of esters is 1. The predicted molar refractivity (Wildman–Crippen MR) is 169 cm³/mol. The third-order valence-corrected chi connectivity index (χ3v) is 8.54. The second kappa shape index (κ2) is 17.1. The van der Waals surface area contributed by atoms with Crippen LogP contribution in [0, 0.1) is 5.92 Å². The van der Waals surface area contributed by atoms with E-state index < -0.39 is 66.7 Å². The second-order valence-corrected chi connectivity index (χ2v) is 11.6. The SMILES string of the molecule is CC(=O)OC1C(C)C(N=[N+]=[N-])CC(N=[N+]=[N-])C1OC1OC(C(C)N(Cc2ccccc2)C(=O)OCc2ccccc2)CCC1N=[N+]=[N-]. The van der Waals surface area contributed by atoms with E-state index in [0.29, 0.717) is 12.8 Å². The summed E-state index contributed by atoms with van der Waals surface area (Å²) >= 11 is 0. The van der Waals surface area contributed by atoms with Crippen LogP contribution in [0.25, 0.3) is 31.3 Å². The van der Waals surface area contributed by atoms with E-state index in [0.717, 1.165) is 11.1 Å². The van der Waals surface area contributed by atoms with Gasteiger partial charge in [-0.05, 0) is 53.9 Å². The Morgan fingerprint density at radius 3 is 2.11 bits per heavy atom. The van der Waals surface area contributed by atoms with Gasteiger partial charge in [-0.1, -0.05) is 82.9 Å². The molecule has 0 radical (unpaired) electrons. The van der Waals surface area contributed by atoms with Crippen LogP contribution in [0.2, 0.25) is 0 Å². The Labute approximate surface area is 271 Å². The second-order valence-electron chi connectivity index (χ2n) is 11.6. The van der Waals surface area contributed by atoms with Crippen LogP contribution in [-0.2, 0) is 36.9 Å².